The number of nitrogens with one attached hydrogen (secondary N) is 1. The summed E-state index contributed by atoms with van der Waals surface area (Å²) in [6.45, 7) is 4.21. The van der Waals surface area contributed by atoms with E-state index in [1.54, 1.807) is 0 Å². The molecule has 2 atom stereocenters. The van der Waals surface area contributed by atoms with E-state index in [9.17, 15) is 0 Å². The summed E-state index contributed by atoms with van der Waals surface area (Å²) < 4.78 is 2.09. The third-order valence-corrected chi connectivity index (χ3v) is 4.70. The van der Waals surface area contributed by atoms with Crippen LogP contribution in [0.2, 0.25) is 0 Å². The van der Waals surface area contributed by atoms with E-state index in [0.29, 0.717) is 0 Å². The van der Waals surface area contributed by atoms with E-state index in [4.69, 9.17) is 0 Å². The molecule has 5 nitrogen and oxygen atoms in total. The maximum atomic E-state index is 4.45. The van der Waals surface area contributed by atoms with Crippen molar-refractivity contribution in [3.8, 4) is 0 Å². The van der Waals surface area contributed by atoms with Crippen LogP contribution >= 0.6 is 24.0 Å². The molecule has 1 aliphatic heterocycles. The van der Waals surface area contributed by atoms with Crippen molar-refractivity contribution >= 4 is 29.9 Å². The predicted molar refractivity (Wildman–Crippen MR) is 96.0 cm³/mol. The van der Waals surface area contributed by atoms with Crippen molar-refractivity contribution in [1.29, 1.82) is 0 Å². The van der Waals surface area contributed by atoms with Gasteiger partial charge in [-0.05, 0) is 24.7 Å². The first-order chi connectivity index (χ1) is 9.86. The third-order valence-electron chi connectivity index (χ3n) is 4.70. The molecule has 1 aromatic rings. The molecule has 6 heteroatoms. The molecule has 0 amide bonds. The van der Waals surface area contributed by atoms with E-state index in [-0.39, 0.29) is 24.0 Å². The Balaban J connectivity index is 0.00000161. The lowest BCUT2D eigenvalue weighted by atomic mass is 9.82. The first-order valence-electron chi connectivity index (χ1n) is 7.78. The second-order valence-corrected chi connectivity index (χ2v) is 5.98. The molecule has 2 fully saturated rings. The van der Waals surface area contributed by atoms with Gasteiger partial charge in [-0.3, -0.25) is 4.99 Å². The number of halogens is 1. The first kappa shape index (κ1) is 16.6. The maximum absolute atomic E-state index is 4.45. The predicted octanol–water partition coefficient (Wildman–Crippen LogP) is 2.20. The van der Waals surface area contributed by atoms with Gasteiger partial charge in [-0.1, -0.05) is 12.8 Å². The molecule has 1 aliphatic carbocycles. The van der Waals surface area contributed by atoms with E-state index in [0.717, 1.165) is 30.9 Å². The highest BCUT2D eigenvalue weighted by Crippen LogP contribution is 2.35. The summed E-state index contributed by atoms with van der Waals surface area (Å²) in [5, 5.41) is 3.49. The molecule has 1 aromatic heterocycles. The first-order valence-corrected chi connectivity index (χ1v) is 7.78. The van der Waals surface area contributed by atoms with Crippen LogP contribution in [0.4, 0.5) is 0 Å². The van der Waals surface area contributed by atoms with Gasteiger partial charge >= 0.3 is 0 Å². The monoisotopic (exact) mass is 403 g/mol. The van der Waals surface area contributed by atoms with Crippen molar-refractivity contribution in [1.82, 2.24) is 19.8 Å². The number of hydrogen-bond acceptors (Lipinski definition) is 2. The summed E-state index contributed by atoms with van der Waals surface area (Å²) in [6.07, 6.45) is 11.3. The van der Waals surface area contributed by atoms with Crippen LogP contribution in [0.25, 0.3) is 0 Å². The third kappa shape index (κ3) is 4.11. The minimum Gasteiger partial charge on any atom is -0.354 e. The highest BCUT2D eigenvalue weighted by molar-refractivity contribution is 14.0. The Bertz CT molecular complexity index is 431. The van der Waals surface area contributed by atoms with Crippen molar-refractivity contribution in [2.75, 3.05) is 26.7 Å². The molecule has 3 rings (SSSR count). The lowest BCUT2D eigenvalue weighted by Crippen LogP contribution is -2.41. The molecule has 0 bridgehead atoms. The molecule has 1 saturated carbocycles. The fourth-order valence-electron chi connectivity index (χ4n) is 3.63. The summed E-state index contributed by atoms with van der Waals surface area (Å²) >= 11 is 0. The number of nitrogens with zero attached hydrogens (tertiary/aromatic N) is 4. The average Bonchev–Trinajstić information content (AvgIpc) is 3.12. The van der Waals surface area contributed by atoms with E-state index >= 15 is 0 Å². The van der Waals surface area contributed by atoms with Gasteiger partial charge in [0.1, 0.15) is 0 Å². The summed E-state index contributed by atoms with van der Waals surface area (Å²) in [7, 11) is 1.89. The van der Waals surface area contributed by atoms with Gasteiger partial charge in [-0.2, -0.15) is 0 Å². The summed E-state index contributed by atoms with van der Waals surface area (Å²) in [5.74, 6) is 2.87. The minimum atomic E-state index is 0. The Morgan fingerprint density at radius 1 is 1.29 bits per heavy atom. The maximum Gasteiger partial charge on any atom is 0.193 e. The van der Waals surface area contributed by atoms with Crippen molar-refractivity contribution in [2.45, 2.75) is 32.2 Å². The largest absolute Gasteiger partial charge is 0.354 e. The molecule has 0 radical (unpaired) electrons. The molecular formula is C15H26IN5. The van der Waals surface area contributed by atoms with Gasteiger partial charge in [0, 0.05) is 45.6 Å². The molecule has 0 aromatic carbocycles. The van der Waals surface area contributed by atoms with Crippen molar-refractivity contribution < 1.29 is 0 Å². The zero-order valence-corrected chi connectivity index (χ0v) is 15.1. The quantitative estimate of drug-likeness (QED) is 0.478. The zero-order chi connectivity index (χ0) is 13.8. The SMILES string of the molecule is CN=C(NCCn1ccnc1)N1CC2CCCCC2C1.I. The number of aliphatic imine (C=N–C) groups is 1. The lowest BCUT2D eigenvalue weighted by molar-refractivity contribution is 0.299. The van der Waals surface area contributed by atoms with E-state index < -0.39 is 0 Å². The van der Waals surface area contributed by atoms with Crippen LogP contribution in [-0.2, 0) is 6.54 Å². The van der Waals surface area contributed by atoms with Crippen LogP contribution in [-0.4, -0.2) is 47.1 Å². The number of hydrogen-bond donors (Lipinski definition) is 1. The van der Waals surface area contributed by atoms with Gasteiger partial charge in [0.2, 0.25) is 0 Å². The number of rotatable bonds is 3. The highest BCUT2D eigenvalue weighted by Gasteiger charge is 2.35. The van der Waals surface area contributed by atoms with Crippen LogP contribution in [0.1, 0.15) is 25.7 Å². The Morgan fingerprint density at radius 3 is 2.57 bits per heavy atom. The van der Waals surface area contributed by atoms with Crippen LogP contribution in [0.5, 0.6) is 0 Å². The van der Waals surface area contributed by atoms with Gasteiger partial charge in [0.25, 0.3) is 0 Å². The normalized spacial score (nSPS) is 25.4. The highest BCUT2D eigenvalue weighted by atomic mass is 127. The molecule has 0 spiro atoms. The van der Waals surface area contributed by atoms with Gasteiger partial charge in [0.05, 0.1) is 6.33 Å². The Morgan fingerprint density at radius 2 is 2.00 bits per heavy atom. The number of fused-ring (bicyclic) bond motifs is 1. The Kier molecular flexibility index (Phi) is 6.32. The lowest BCUT2D eigenvalue weighted by Gasteiger charge is -2.22. The van der Waals surface area contributed by atoms with Gasteiger partial charge in [0.15, 0.2) is 5.96 Å². The molecular weight excluding hydrogens is 377 g/mol. The summed E-state index contributed by atoms with van der Waals surface area (Å²) in [6, 6.07) is 0. The average molecular weight is 403 g/mol. The van der Waals surface area contributed by atoms with Crippen LogP contribution < -0.4 is 5.32 Å². The fraction of sp³-hybridized carbons (Fsp3) is 0.733. The fourth-order valence-corrected chi connectivity index (χ4v) is 3.63. The molecule has 1 saturated heterocycles. The van der Waals surface area contributed by atoms with Crippen LogP contribution in [0, 0.1) is 11.8 Å². The smallest absolute Gasteiger partial charge is 0.193 e. The van der Waals surface area contributed by atoms with Crippen molar-refractivity contribution in [3.63, 3.8) is 0 Å². The van der Waals surface area contributed by atoms with E-state index in [1.165, 1.54) is 38.8 Å². The second-order valence-electron chi connectivity index (χ2n) is 5.98. The molecule has 2 heterocycles. The van der Waals surface area contributed by atoms with Crippen LogP contribution in [0.15, 0.2) is 23.7 Å². The minimum absolute atomic E-state index is 0. The molecule has 1 N–H and O–H groups in total. The summed E-state index contributed by atoms with van der Waals surface area (Å²) in [4.78, 5) is 11.0. The molecule has 118 valence electrons. The number of likely N-dealkylation sites (tertiary alicyclic amines) is 1. The zero-order valence-electron chi connectivity index (χ0n) is 12.7. The molecule has 21 heavy (non-hydrogen) atoms. The second kappa shape index (κ2) is 8.00. The van der Waals surface area contributed by atoms with Gasteiger partial charge < -0.3 is 14.8 Å². The molecule has 2 unspecified atom stereocenters. The number of aromatic nitrogens is 2. The number of imidazole rings is 1. The van der Waals surface area contributed by atoms with E-state index in [1.807, 2.05) is 25.8 Å². The van der Waals surface area contributed by atoms with Crippen molar-refractivity contribution in [3.05, 3.63) is 18.7 Å². The van der Waals surface area contributed by atoms with Crippen molar-refractivity contribution in [2.24, 2.45) is 16.8 Å². The van der Waals surface area contributed by atoms with Crippen LogP contribution in [0.3, 0.4) is 0 Å². The number of guanidine groups is 1. The Hall–Kier alpha value is -0.790. The standard InChI is InChI=1S/C15H25N5.HI/c1-16-15(18-7-9-19-8-6-17-12-19)20-10-13-4-2-3-5-14(13)11-20;/h6,8,12-14H,2-5,7,9-11H2,1H3,(H,16,18);1H. The molecule has 2 aliphatic rings. The summed E-state index contributed by atoms with van der Waals surface area (Å²) in [5.41, 5.74) is 0. The Labute approximate surface area is 144 Å². The van der Waals surface area contributed by atoms with E-state index in [2.05, 4.69) is 24.8 Å². The topological polar surface area (TPSA) is 45.5 Å². The van der Waals surface area contributed by atoms with Gasteiger partial charge in [-0.15, -0.1) is 24.0 Å². The van der Waals surface area contributed by atoms with Gasteiger partial charge in [-0.25, -0.2) is 4.98 Å².